The largest absolute Gasteiger partial charge is 0.360 e. The van der Waals surface area contributed by atoms with Gasteiger partial charge in [-0.15, -0.1) is 0 Å². The Bertz CT molecular complexity index is 1170. The van der Waals surface area contributed by atoms with Crippen LogP contribution in [0.3, 0.4) is 0 Å². The molecule has 0 spiro atoms. The average molecular weight is 427 g/mol. The SMILES string of the molecule is CC(OCn1nc(/C=C/c2ccccc2)c2ccc(-c3ccccc3)cc21)[Si](C)(C)C. The van der Waals surface area contributed by atoms with Crippen molar-refractivity contribution < 1.29 is 4.74 Å². The van der Waals surface area contributed by atoms with Gasteiger partial charge < -0.3 is 4.74 Å². The summed E-state index contributed by atoms with van der Waals surface area (Å²) in [5.41, 5.74) is 5.86. The lowest BCUT2D eigenvalue weighted by molar-refractivity contribution is 0.0518. The van der Waals surface area contributed by atoms with Crippen molar-refractivity contribution >= 4 is 31.1 Å². The fourth-order valence-corrected chi connectivity index (χ4v) is 3.98. The Morgan fingerprint density at radius 3 is 2.23 bits per heavy atom. The molecule has 1 unspecified atom stereocenters. The van der Waals surface area contributed by atoms with Crippen LogP contribution in [0.1, 0.15) is 18.2 Å². The molecular weight excluding hydrogens is 396 g/mol. The number of ether oxygens (including phenoxy) is 1. The van der Waals surface area contributed by atoms with E-state index in [1.54, 1.807) is 0 Å². The molecule has 3 aromatic carbocycles. The monoisotopic (exact) mass is 426 g/mol. The summed E-state index contributed by atoms with van der Waals surface area (Å²) in [5, 5.41) is 6.05. The smallest absolute Gasteiger partial charge is 0.139 e. The maximum atomic E-state index is 6.26. The minimum atomic E-state index is -1.38. The van der Waals surface area contributed by atoms with Gasteiger partial charge in [-0.1, -0.05) is 92.4 Å². The van der Waals surface area contributed by atoms with Crippen molar-refractivity contribution in [2.75, 3.05) is 0 Å². The van der Waals surface area contributed by atoms with Gasteiger partial charge in [0, 0.05) is 11.1 Å². The van der Waals surface area contributed by atoms with Crippen LogP contribution in [-0.2, 0) is 11.5 Å². The standard InChI is InChI=1S/C27H30N2OSi/c1-21(31(2,3)4)30-20-29-27-19-24(23-13-9-6-10-14-23)16-17-25(27)26(28-29)18-15-22-11-7-5-8-12-22/h5-19,21H,20H2,1-4H3/b18-15+. The molecule has 0 N–H and O–H groups in total. The van der Waals surface area contributed by atoms with Gasteiger partial charge in [-0.05, 0) is 41.8 Å². The Labute approximate surface area is 186 Å². The van der Waals surface area contributed by atoms with Crippen LogP contribution in [0.4, 0.5) is 0 Å². The quantitative estimate of drug-likeness (QED) is 0.294. The zero-order chi connectivity index (χ0) is 21.8. The summed E-state index contributed by atoms with van der Waals surface area (Å²) in [6.07, 6.45) is 4.21. The second-order valence-corrected chi connectivity index (χ2v) is 14.6. The molecule has 0 aliphatic heterocycles. The maximum Gasteiger partial charge on any atom is 0.139 e. The van der Waals surface area contributed by atoms with Crippen molar-refractivity contribution in [1.82, 2.24) is 9.78 Å². The number of hydrogen-bond donors (Lipinski definition) is 0. The Balaban J connectivity index is 1.73. The molecule has 0 aliphatic rings. The van der Waals surface area contributed by atoms with Gasteiger partial charge in [-0.25, -0.2) is 4.68 Å². The van der Waals surface area contributed by atoms with E-state index in [1.165, 1.54) is 11.1 Å². The third-order valence-electron chi connectivity index (χ3n) is 5.79. The summed E-state index contributed by atoms with van der Waals surface area (Å²) in [6, 6.07) is 27.4. The molecule has 4 rings (SSSR count). The van der Waals surface area contributed by atoms with Crippen molar-refractivity contribution in [3.63, 3.8) is 0 Å². The molecule has 0 saturated heterocycles. The Morgan fingerprint density at radius 1 is 0.871 bits per heavy atom. The first-order valence-electron chi connectivity index (χ1n) is 10.8. The van der Waals surface area contributed by atoms with Crippen LogP contribution in [0.5, 0.6) is 0 Å². The third kappa shape index (κ3) is 5.04. The molecule has 0 radical (unpaired) electrons. The van der Waals surface area contributed by atoms with Gasteiger partial charge >= 0.3 is 0 Å². The minimum absolute atomic E-state index is 0.257. The van der Waals surface area contributed by atoms with Gasteiger partial charge in [-0.2, -0.15) is 5.10 Å². The van der Waals surface area contributed by atoms with E-state index in [-0.39, 0.29) is 5.73 Å². The molecule has 31 heavy (non-hydrogen) atoms. The topological polar surface area (TPSA) is 27.1 Å². The van der Waals surface area contributed by atoms with Gasteiger partial charge in [0.2, 0.25) is 0 Å². The van der Waals surface area contributed by atoms with Crippen LogP contribution in [0.25, 0.3) is 34.2 Å². The van der Waals surface area contributed by atoms with Gasteiger partial charge in [0.25, 0.3) is 0 Å². The van der Waals surface area contributed by atoms with E-state index in [2.05, 4.69) is 93.3 Å². The van der Waals surface area contributed by atoms with Crippen LogP contribution >= 0.6 is 0 Å². The molecule has 1 atom stereocenters. The molecule has 4 heteroatoms. The molecule has 0 bridgehead atoms. The van der Waals surface area contributed by atoms with Crippen molar-refractivity contribution in [2.45, 2.75) is 39.0 Å². The molecule has 0 saturated carbocycles. The van der Waals surface area contributed by atoms with Crippen molar-refractivity contribution in [3.05, 3.63) is 90.1 Å². The third-order valence-corrected chi connectivity index (χ3v) is 8.39. The molecule has 1 heterocycles. The summed E-state index contributed by atoms with van der Waals surface area (Å²) >= 11 is 0. The van der Waals surface area contributed by atoms with E-state index >= 15 is 0 Å². The highest BCUT2D eigenvalue weighted by Crippen LogP contribution is 2.28. The zero-order valence-corrected chi connectivity index (χ0v) is 19.7. The zero-order valence-electron chi connectivity index (χ0n) is 18.7. The number of hydrogen-bond acceptors (Lipinski definition) is 2. The molecular formula is C27H30N2OSi. The lowest BCUT2D eigenvalue weighted by Crippen LogP contribution is -2.38. The van der Waals surface area contributed by atoms with E-state index in [1.807, 2.05) is 28.9 Å². The van der Waals surface area contributed by atoms with Crippen LogP contribution in [-0.4, -0.2) is 23.6 Å². The summed E-state index contributed by atoms with van der Waals surface area (Å²) in [6.45, 7) is 9.64. The lowest BCUT2D eigenvalue weighted by atomic mass is 10.0. The summed E-state index contributed by atoms with van der Waals surface area (Å²) in [4.78, 5) is 0. The van der Waals surface area contributed by atoms with Gasteiger partial charge in [0.15, 0.2) is 0 Å². The summed E-state index contributed by atoms with van der Waals surface area (Å²) in [7, 11) is -1.38. The Hall–Kier alpha value is -2.95. The molecule has 158 valence electrons. The van der Waals surface area contributed by atoms with Gasteiger partial charge in [0.05, 0.1) is 19.3 Å². The number of aromatic nitrogens is 2. The molecule has 3 nitrogen and oxygen atoms in total. The number of benzene rings is 3. The molecule has 4 aromatic rings. The summed E-state index contributed by atoms with van der Waals surface area (Å²) < 4.78 is 8.26. The fourth-order valence-electron chi connectivity index (χ4n) is 3.40. The van der Waals surface area contributed by atoms with Gasteiger partial charge in [-0.3, -0.25) is 0 Å². The second kappa shape index (κ2) is 9.04. The Morgan fingerprint density at radius 2 is 1.55 bits per heavy atom. The highest BCUT2D eigenvalue weighted by atomic mass is 28.3. The Kier molecular flexibility index (Phi) is 6.21. The van der Waals surface area contributed by atoms with Crippen molar-refractivity contribution in [1.29, 1.82) is 0 Å². The highest BCUT2D eigenvalue weighted by Gasteiger charge is 2.23. The lowest BCUT2D eigenvalue weighted by Gasteiger charge is -2.25. The average Bonchev–Trinajstić information content (AvgIpc) is 3.13. The van der Waals surface area contributed by atoms with Gasteiger partial charge in [0.1, 0.15) is 6.73 Å². The van der Waals surface area contributed by atoms with Crippen LogP contribution in [0.2, 0.25) is 19.6 Å². The number of nitrogens with zero attached hydrogens (tertiary/aromatic N) is 2. The van der Waals surface area contributed by atoms with E-state index in [9.17, 15) is 0 Å². The van der Waals surface area contributed by atoms with E-state index < -0.39 is 8.07 Å². The first-order chi connectivity index (χ1) is 14.9. The second-order valence-electron chi connectivity index (χ2n) is 9.03. The van der Waals surface area contributed by atoms with Crippen LogP contribution in [0.15, 0.2) is 78.9 Å². The summed E-state index contributed by atoms with van der Waals surface area (Å²) in [5.74, 6) is 0. The van der Waals surface area contributed by atoms with Crippen LogP contribution in [0, 0.1) is 0 Å². The first-order valence-corrected chi connectivity index (χ1v) is 14.4. The molecule has 1 aromatic heterocycles. The predicted octanol–water partition coefficient (Wildman–Crippen LogP) is 7.11. The van der Waals surface area contributed by atoms with Crippen LogP contribution < -0.4 is 0 Å². The van der Waals surface area contributed by atoms with E-state index in [4.69, 9.17) is 9.84 Å². The molecule has 0 fully saturated rings. The number of rotatable bonds is 7. The number of fused-ring (bicyclic) bond motifs is 1. The fraction of sp³-hybridized carbons (Fsp3) is 0.222. The maximum absolute atomic E-state index is 6.26. The van der Waals surface area contributed by atoms with Crippen molar-refractivity contribution in [2.24, 2.45) is 0 Å². The van der Waals surface area contributed by atoms with Crippen molar-refractivity contribution in [3.8, 4) is 11.1 Å². The first kappa shape index (κ1) is 21.3. The highest BCUT2D eigenvalue weighted by molar-refractivity contribution is 6.77. The van der Waals surface area contributed by atoms with E-state index in [0.717, 1.165) is 22.2 Å². The molecule has 0 amide bonds. The minimum Gasteiger partial charge on any atom is -0.360 e. The van der Waals surface area contributed by atoms with E-state index in [0.29, 0.717) is 6.73 Å². The normalized spacial score (nSPS) is 13.2. The predicted molar refractivity (Wildman–Crippen MR) is 134 cm³/mol. The molecule has 0 aliphatic carbocycles.